The van der Waals surface area contributed by atoms with E-state index in [0.717, 1.165) is 0 Å². The van der Waals surface area contributed by atoms with Crippen molar-refractivity contribution in [3.63, 3.8) is 0 Å². The van der Waals surface area contributed by atoms with Gasteiger partial charge in [0.1, 0.15) is 0 Å². The van der Waals surface area contributed by atoms with Crippen LogP contribution in [-0.2, 0) is 14.3 Å². The smallest absolute Gasteiger partial charge is 0.229 e. The predicted molar refractivity (Wildman–Crippen MR) is 74.2 cm³/mol. The van der Waals surface area contributed by atoms with Crippen LogP contribution in [0.2, 0.25) is 0 Å². The quantitative estimate of drug-likeness (QED) is 0.709. The molecule has 0 radical (unpaired) electrons. The lowest BCUT2D eigenvalue weighted by Gasteiger charge is -2.38. The van der Waals surface area contributed by atoms with E-state index >= 15 is 0 Å². The second-order valence-corrected chi connectivity index (χ2v) is 5.70. The lowest BCUT2D eigenvalue weighted by molar-refractivity contribution is -0.145. The molecule has 110 valence electrons. The van der Waals surface area contributed by atoms with Crippen LogP contribution in [0.1, 0.15) is 20.3 Å². The lowest BCUT2D eigenvalue weighted by atomic mass is 9.94. The van der Waals surface area contributed by atoms with Gasteiger partial charge in [0.2, 0.25) is 11.8 Å². The molecule has 0 unspecified atom stereocenters. The van der Waals surface area contributed by atoms with Crippen LogP contribution >= 0.6 is 11.6 Å². The molecule has 0 N–H and O–H groups in total. The zero-order chi connectivity index (χ0) is 14.5. The van der Waals surface area contributed by atoms with E-state index in [2.05, 4.69) is 0 Å². The Kier molecular flexibility index (Phi) is 6.07. The number of hydrogen-bond acceptors (Lipinski definition) is 3. The van der Waals surface area contributed by atoms with Gasteiger partial charge in [0, 0.05) is 39.2 Å². The van der Waals surface area contributed by atoms with Crippen molar-refractivity contribution in [3.05, 3.63) is 0 Å². The first-order valence-corrected chi connectivity index (χ1v) is 7.08. The highest BCUT2D eigenvalue weighted by Crippen LogP contribution is 2.21. The molecule has 0 aromatic carbocycles. The first kappa shape index (κ1) is 16.2. The number of rotatable bonds is 5. The van der Waals surface area contributed by atoms with E-state index in [1.807, 2.05) is 13.8 Å². The zero-order valence-electron chi connectivity index (χ0n) is 11.9. The van der Waals surface area contributed by atoms with E-state index in [0.29, 0.717) is 45.1 Å². The third-order valence-electron chi connectivity index (χ3n) is 3.35. The molecule has 1 aliphatic heterocycles. The second kappa shape index (κ2) is 7.10. The number of alkyl halides is 1. The molecule has 1 aliphatic rings. The number of carbonyl (C=O) groups excluding carboxylic acids is 2. The van der Waals surface area contributed by atoms with Gasteiger partial charge in [0.05, 0.1) is 18.4 Å². The lowest BCUT2D eigenvalue weighted by Crippen LogP contribution is -2.53. The molecule has 0 atom stereocenters. The molecule has 19 heavy (non-hydrogen) atoms. The Bertz CT molecular complexity index is 326. The summed E-state index contributed by atoms with van der Waals surface area (Å²) in [6, 6.07) is 0. The molecule has 0 aromatic heterocycles. The minimum absolute atomic E-state index is 0.0616. The van der Waals surface area contributed by atoms with Crippen molar-refractivity contribution in [2.45, 2.75) is 20.3 Å². The van der Waals surface area contributed by atoms with Crippen LogP contribution in [0.5, 0.6) is 0 Å². The number of methoxy groups -OCH3 is 1. The summed E-state index contributed by atoms with van der Waals surface area (Å²) in [7, 11) is 1.58. The molecule has 1 rings (SSSR count). The maximum atomic E-state index is 12.2. The summed E-state index contributed by atoms with van der Waals surface area (Å²) in [5.74, 6) is 0.454. The van der Waals surface area contributed by atoms with Crippen LogP contribution in [0, 0.1) is 5.41 Å². The van der Waals surface area contributed by atoms with E-state index in [9.17, 15) is 9.59 Å². The number of carbonyl (C=O) groups is 2. The average Bonchev–Trinajstić information content (AvgIpc) is 2.44. The standard InChI is InChI=1S/C13H23ClN2O3/c1-13(2,10-14)12(18)16-7-5-15(6-8-16)11(17)4-9-19-3/h4-10H2,1-3H3. The topological polar surface area (TPSA) is 49.9 Å². The predicted octanol–water partition coefficient (Wildman–Crippen LogP) is 0.959. The first-order chi connectivity index (χ1) is 8.92. The Morgan fingerprint density at radius 1 is 1.16 bits per heavy atom. The van der Waals surface area contributed by atoms with Crippen molar-refractivity contribution in [1.82, 2.24) is 9.80 Å². The molecule has 1 fully saturated rings. The average molecular weight is 291 g/mol. The van der Waals surface area contributed by atoms with Crippen molar-refractivity contribution in [1.29, 1.82) is 0 Å². The molecular weight excluding hydrogens is 268 g/mol. The molecule has 0 aromatic rings. The highest BCUT2D eigenvalue weighted by atomic mass is 35.5. The fourth-order valence-corrected chi connectivity index (χ4v) is 2.11. The van der Waals surface area contributed by atoms with Crippen LogP contribution < -0.4 is 0 Å². The van der Waals surface area contributed by atoms with Crippen LogP contribution in [0.3, 0.4) is 0 Å². The van der Waals surface area contributed by atoms with Crippen LogP contribution in [0.15, 0.2) is 0 Å². The molecule has 1 heterocycles. The van der Waals surface area contributed by atoms with Gasteiger partial charge in [-0.1, -0.05) is 0 Å². The number of amides is 2. The molecule has 0 bridgehead atoms. The van der Waals surface area contributed by atoms with Crippen molar-refractivity contribution in [2.75, 3.05) is 45.8 Å². The highest BCUT2D eigenvalue weighted by molar-refractivity contribution is 6.19. The van der Waals surface area contributed by atoms with Gasteiger partial charge in [-0.2, -0.15) is 0 Å². The van der Waals surface area contributed by atoms with Gasteiger partial charge in [-0.05, 0) is 13.8 Å². The molecule has 0 spiro atoms. The largest absolute Gasteiger partial charge is 0.384 e. The summed E-state index contributed by atoms with van der Waals surface area (Å²) in [4.78, 5) is 27.6. The molecule has 2 amide bonds. The maximum Gasteiger partial charge on any atom is 0.229 e. The Hall–Kier alpha value is -0.810. The third kappa shape index (κ3) is 4.35. The number of hydrogen-bond donors (Lipinski definition) is 0. The minimum Gasteiger partial charge on any atom is -0.384 e. The Morgan fingerprint density at radius 2 is 1.68 bits per heavy atom. The van der Waals surface area contributed by atoms with Gasteiger partial charge in [-0.3, -0.25) is 9.59 Å². The van der Waals surface area contributed by atoms with Gasteiger partial charge < -0.3 is 14.5 Å². The van der Waals surface area contributed by atoms with Crippen LogP contribution in [0.4, 0.5) is 0 Å². The number of nitrogens with zero attached hydrogens (tertiary/aromatic N) is 2. The van der Waals surface area contributed by atoms with Crippen molar-refractivity contribution in [2.24, 2.45) is 5.41 Å². The van der Waals surface area contributed by atoms with Gasteiger partial charge in [0.25, 0.3) is 0 Å². The van der Waals surface area contributed by atoms with Gasteiger partial charge >= 0.3 is 0 Å². The van der Waals surface area contributed by atoms with E-state index in [4.69, 9.17) is 16.3 Å². The van der Waals surface area contributed by atoms with E-state index in [-0.39, 0.29) is 11.8 Å². The molecule has 0 saturated carbocycles. The summed E-state index contributed by atoms with van der Waals surface area (Å²) in [6.45, 7) is 6.48. The van der Waals surface area contributed by atoms with E-state index in [1.54, 1.807) is 16.9 Å². The Labute approximate surface area is 119 Å². The summed E-state index contributed by atoms with van der Waals surface area (Å²) >= 11 is 5.82. The summed E-state index contributed by atoms with van der Waals surface area (Å²) in [5.41, 5.74) is -0.538. The Morgan fingerprint density at radius 3 is 2.16 bits per heavy atom. The molecule has 6 heteroatoms. The minimum atomic E-state index is -0.538. The second-order valence-electron chi connectivity index (χ2n) is 5.43. The molecular formula is C13H23ClN2O3. The van der Waals surface area contributed by atoms with E-state index in [1.165, 1.54) is 0 Å². The zero-order valence-corrected chi connectivity index (χ0v) is 12.7. The van der Waals surface area contributed by atoms with Crippen molar-refractivity contribution in [3.8, 4) is 0 Å². The number of halogens is 1. The van der Waals surface area contributed by atoms with Gasteiger partial charge in [-0.25, -0.2) is 0 Å². The number of ether oxygens (including phenoxy) is 1. The van der Waals surface area contributed by atoms with Crippen molar-refractivity contribution < 1.29 is 14.3 Å². The molecule has 1 saturated heterocycles. The van der Waals surface area contributed by atoms with Gasteiger partial charge in [-0.15, -0.1) is 11.6 Å². The SMILES string of the molecule is COCCC(=O)N1CCN(C(=O)C(C)(C)CCl)CC1. The fourth-order valence-electron chi connectivity index (χ4n) is 1.99. The summed E-state index contributed by atoms with van der Waals surface area (Å²) in [5, 5.41) is 0. The van der Waals surface area contributed by atoms with Crippen LogP contribution in [-0.4, -0.2) is 67.4 Å². The molecule has 0 aliphatic carbocycles. The summed E-state index contributed by atoms with van der Waals surface area (Å²) in [6.07, 6.45) is 0.400. The maximum absolute atomic E-state index is 12.2. The highest BCUT2D eigenvalue weighted by Gasteiger charge is 2.33. The monoisotopic (exact) mass is 290 g/mol. The fraction of sp³-hybridized carbons (Fsp3) is 0.846. The molecule has 5 nitrogen and oxygen atoms in total. The van der Waals surface area contributed by atoms with Crippen molar-refractivity contribution >= 4 is 23.4 Å². The van der Waals surface area contributed by atoms with E-state index < -0.39 is 5.41 Å². The Balaban J connectivity index is 2.45. The third-order valence-corrected chi connectivity index (χ3v) is 4.02. The van der Waals surface area contributed by atoms with Gasteiger partial charge in [0.15, 0.2) is 0 Å². The van der Waals surface area contributed by atoms with Crippen LogP contribution in [0.25, 0.3) is 0 Å². The first-order valence-electron chi connectivity index (χ1n) is 6.54. The summed E-state index contributed by atoms with van der Waals surface area (Å²) < 4.78 is 4.90. The number of piperazine rings is 1. The normalized spacial score (nSPS) is 16.6.